The summed E-state index contributed by atoms with van der Waals surface area (Å²) < 4.78 is 14.3. The first-order valence-corrected chi connectivity index (χ1v) is 29.7. The van der Waals surface area contributed by atoms with Gasteiger partial charge in [-0.3, -0.25) is 9.59 Å². The molecule has 0 aliphatic heterocycles. The highest BCUT2D eigenvalue weighted by Crippen LogP contribution is 2.46. The van der Waals surface area contributed by atoms with Crippen LogP contribution in [0.1, 0.15) is 277 Å². The van der Waals surface area contributed by atoms with Crippen LogP contribution in [0.3, 0.4) is 0 Å². The first kappa shape index (κ1) is 57.9. The third-order valence-corrected chi connectivity index (χ3v) is 16.2. The molecule has 2 aromatic heterocycles. The number of ether oxygens (including phenoxy) is 2. The van der Waals surface area contributed by atoms with Gasteiger partial charge in [0.15, 0.2) is 12.6 Å². The van der Waals surface area contributed by atoms with Gasteiger partial charge >= 0.3 is 0 Å². The van der Waals surface area contributed by atoms with E-state index < -0.39 is 0 Å². The molecule has 0 saturated carbocycles. The molecule has 0 amide bonds. The Morgan fingerprint density at radius 2 is 0.682 bits per heavy atom. The van der Waals surface area contributed by atoms with Crippen molar-refractivity contribution in [1.82, 2.24) is 0 Å². The summed E-state index contributed by atoms with van der Waals surface area (Å²) in [7, 11) is 0. The van der Waals surface area contributed by atoms with Crippen LogP contribution in [0.4, 0.5) is 0 Å². The predicted molar refractivity (Wildman–Crippen MR) is 291 cm³/mol. The van der Waals surface area contributed by atoms with E-state index >= 15 is 0 Å². The van der Waals surface area contributed by atoms with Crippen molar-refractivity contribution in [3.63, 3.8) is 0 Å². The molecule has 2 atom stereocenters. The number of rotatable bonds is 44. The van der Waals surface area contributed by atoms with E-state index in [0.29, 0.717) is 25.0 Å². The molecule has 1 aromatic carbocycles. The minimum atomic E-state index is 0.497. The number of hydrogen-bond donors (Lipinski definition) is 0. The molecule has 374 valence electrons. The minimum Gasteiger partial charge on any atom is -0.493 e. The van der Waals surface area contributed by atoms with Gasteiger partial charge in [0.1, 0.15) is 11.5 Å². The van der Waals surface area contributed by atoms with E-state index in [1.807, 2.05) is 0 Å². The Kier molecular flexibility index (Phi) is 32.8. The van der Waals surface area contributed by atoms with Crippen molar-refractivity contribution in [3.05, 3.63) is 45.1 Å². The fourth-order valence-electron chi connectivity index (χ4n) is 9.59. The molecule has 3 aromatic rings. The zero-order valence-electron chi connectivity index (χ0n) is 43.5. The molecule has 0 bridgehead atoms. The van der Waals surface area contributed by atoms with Crippen molar-refractivity contribution < 1.29 is 19.1 Å². The van der Waals surface area contributed by atoms with Crippen LogP contribution >= 0.6 is 22.7 Å². The summed E-state index contributed by atoms with van der Waals surface area (Å²) in [5.74, 6) is 2.75. The van der Waals surface area contributed by atoms with Gasteiger partial charge in [0.25, 0.3) is 0 Å². The Morgan fingerprint density at radius 1 is 0.394 bits per heavy atom. The lowest BCUT2D eigenvalue weighted by atomic mass is 9.94. The lowest BCUT2D eigenvalue weighted by Crippen LogP contribution is -2.14. The summed E-state index contributed by atoms with van der Waals surface area (Å²) in [4.78, 5) is 29.2. The topological polar surface area (TPSA) is 52.6 Å². The van der Waals surface area contributed by atoms with E-state index in [4.69, 9.17) is 9.47 Å². The summed E-state index contributed by atoms with van der Waals surface area (Å²) in [6.45, 7) is 15.1. The van der Waals surface area contributed by atoms with Gasteiger partial charge in [-0.25, -0.2) is 0 Å². The lowest BCUT2D eigenvalue weighted by molar-refractivity contribution is 0.111. The van der Waals surface area contributed by atoms with E-state index in [1.165, 1.54) is 193 Å². The summed E-state index contributed by atoms with van der Waals surface area (Å²) >= 11 is 3.23. The first-order valence-electron chi connectivity index (χ1n) is 28.1. The van der Waals surface area contributed by atoms with Gasteiger partial charge in [-0.15, -0.1) is 22.7 Å². The summed E-state index contributed by atoms with van der Waals surface area (Å²) in [5.41, 5.74) is 4.38. The third-order valence-electron chi connectivity index (χ3n) is 13.9. The SMILES string of the molecule is CCCCCCCCC(CCCCCC)COc1cc(-c2cc(CCCCCC)c(C=O)s2)c(OCC(CCCCCC)CCCCCCCC)cc1-c1cc(CCCCCC)c(C=O)s1. The van der Waals surface area contributed by atoms with Crippen LogP contribution in [0.25, 0.3) is 20.9 Å². The highest BCUT2D eigenvalue weighted by Gasteiger charge is 2.23. The highest BCUT2D eigenvalue weighted by atomic mass is 32.1. The molecule has 2 unspecified atom stereocenters. The molecular formula is C60H98O4S2. The zero-order chi connectivity index (χ0) is 47.5. The average Bonchev–Trinajstić information content (AvgIpc) is 3.95. The van der Waals surface area contributed by atoms with Crippen LogP contribution in [-0.4, -0.2) is 25.8 Å². The first-order chi connectivity index (χ1) is 32.5. The van der Waals surface area contributed by atoms with Crippen molar-refractivity contribution in [1.29, 1.82) is 0 Å². The van der Waals surface area contributed by atoms with Crippen molar-refractivity contribution in [2.75, 3.05) is 13.2 Å². The van der Waals surface area contributed by atoms with Gasteiger partial charge in [0.2, 0.25) is 0 Å². The van der Waals surface area contributed by atoms with Gasteiger partial charge in [0, 0.05) is 20.9 Å². The second-order valence-electron chi connectivity index (χ2n) is 19.9. The maximum absolute atomic E-state index is 12.7. The van der Waals surface area contributed by atoms with E-state index in [9.17, 15) is 9.59 Å². The van der Waals surface area contributed by atoms with Crippen molar-refractivity contribution >= 4 is 35.2 Å². The molecule has 6 heteroatoms. The maximum Gasteiger partial charge on any atom is 0.160 e. The fraction of sp³-hybridized carbons (Fsp3) is 0.733. The van der Waals surface area contributed by atoms with Gasteiger partial charge in [0.05, 0.1) is 23.0 Å². The van der Waals surface area contributed by atoms with E-state index in [0.717, 1.165) is 91.5 Å². The highest BCUT2D eigenvalue weighted by molar-refractivity contribution is 7.17. The number of aryl methyl sites for hydroxylation is 2. The number of aldehydes is 2. The third kappa shape index (κ3) is 22.8. The number of carbonyl (C=O) groups excluding carboxylic acids is 2. The van der Waals surface area contributed by atoms with Crippen LogP contribution in [0.5, 0.6) is 11.5 Å². The lowest BCUT2D eigenvalue weighted by Gasteiger charge is -2.22. The van der Waals surface area contributed by atoms with Crippen LogP contribution in [-0.2, 0) is 12.8 Å². The average molecular weight is 948 g/mol. The fourth-order valence-corrected chi connectivity index (χ4v) is 11.7. The Labute approximate surface area is 414 Å². The number of hydrogen-bond acceptors (Lipinski definition) is 6. The summed E-state index contributed by atoms with van der Waals surface area (Å²) in [5, 5.41) is 0. The van der Waals surface area contributed by atoms with Gasteiger partial charge in [-0.2, -0.15) is 0 Å². The number of benzene rings is 1. The molecule has 0 spiro atoms. The number of thiophene rings is 2. The largest absolute Gasteiger partial charge is 0.493 e. The standard InChI is InChI=1S/C60H98O4S2/c1-7-13-19-25-27-31-37-49(35-29-21-15-9-3)47-63-55-43-54(58-42-52(60(46-62)66-58)40-34-24-18-12-6)56(44-53(55)57-41-51(59(45-61)65-57)39-33-23-17-11-5)64-48-50(36-30-22-16-10-4)38-32-28-26-20-14-8-2/h41-46,49-50H,7-40,47-48H2,1-6H3. The van der Waals surface area contributed by atoms with Crippen molar-refractivity contribution in [3.8, 4) is 32.4 Å². The summed E-state index contributed by atoms with van der Waals surface area (Å²) in [6, 6.07) is 9.08. The molecule has 2 heterocycles. The van der Waals surface area contributed by atoms with Crippen LogP contribution < -0.4 is 9.47 Å². The molecular weight excluding hydrogens is 849 g/mol. The van der Waals surface area contributed by atoms with E-state index in [2.05, 4.69) is 65.8 Å². The number of unbranched alkanes of at least 4 members (excludes halogenated alkanes) is 22. The monoisotopic (exact) mass is 947 g/mol. The zero-order valence-corrected chi connectivity index (χ0v) is 45.2. The molecule has 0 fully saturated rings. The van der Waals surface area contributed by atoms with E-state index in [1.54, 1.807) is 22.7 Å². The predicted octanol–water partition coefficient (Wildman–Crippen LogP) is 20.4. The Bertz CT molecular complexity index is 1550. The van der Waals surface area contributed by atoms with Crippen LogP contribution in [0.15, 0.2) is 24.3 Å². The second-order valence-corrected chi connectivity index (χ2v) is 22.0. The molecule has 0 N–H and O–H groups in total. The second kappa shape index (κ2) is 37.5. The molecule has 0 aliphatic carbocycles. The smallest absolute Gasteiger partial charge is 0.160 e. The van der Waals surface area contributed by atoms with Crippen LogP contribution in [0.2, 0.25) is 0 Å². The van der Waals surface area contributed by atoms with E-state index in [-0.39, 0.29) is 0 Å². The molecule has 0 aliphatic rings. The van der Waals surface area contributed by atoms with Crippen LogP contribution in [0, 0.1) is 11.8 Å². The minimum absolute atomic E-state index is 0.497. The number of carbonyl (C=O) groups is 2. The normalized spacial score (nSPS) is 12.5. The maximum atomic E-state index is 12.7. The quantitative estimate of drug-likeness (QED) is 0.0419. The molecule has 66 heavy (non-hydrogen) atoms. The van der Waals surface area contributed by atoms with Gasteiger partial charge in [-0.05, 0) is 98.6 Å². The molecule has 4 nitrogen and oxygen atoms in total. The van der Waals surface area contributed by atoms with Crippen molar-refractivity contribution in [2.24, 2.45) is 11.8 Å². The summed E-state index contributed by atoms with van der Waals surface area (Å²) in [6.07, 6.45) is 44.0. The Balaban J connectivity index is 2.14. The Hall–Kier alpha value is -2.44. The Morgan fingerprint density at radius 3 is 1.00 bits per heavy atom. The molecule has 0 radical (unpaired) electrons. The molecule has 0 saturated heterocycles. The molecule has 3 rings (SSSR count). The van der Waals surface area contributed by atoms with Gasteiger partial charge in [-0.1, -0.05) is 208 Å². The van der Waals surface area contributed by atoms with Gasteiger partial charge < -0.3 is 9.47 Å². The van der Waals surface area contributed by atoms with Crippen molar-refractivity contribution in [2.45, 2.75) is 260 Å².